The second kappa shape index (κ2) is 12.7. The van der Waals surface area contributed by atoms with Crippen molar-refractivity contribution in [3.8, 4) is 11.5 Å². The number of nitrogens with zero attached hydrogens (tertiary/aromatic N) is 2. The van der Waals surface area contributed by atoms with E-state index in [1.54, 1.807) is 6.20 Å². The number of carbonyl (C=O) groups is 1. The molecule has 2 atom stereocenters. The lowest BCUT2D eigenvalue weighted by atomic mass is 9.78. The molecular weight excluding hydrogens is 523 g/mol. The Morgan fingerprint density at radius 3 is 2.28 bits per heavy atom. The van der Waals surface area contributed by atoms with Crippen LogP contribution in [0.4, 0.5) is 0 Å². The van der Waals surface area contributed by atoms with Gasteiger partial charge in [-0.3, -0.25) is 4.79 Å². The van der Waals surface area contributed by atoms with E-state index >= 15 is 0 Å². The molecule has 0 N–H and O–H groups in total. The molecule has 0 aliphatic carbocycles. The van der Waals surface area contributed by atoms with Crippen molar-refractivity contribution in [3.63, 3.8) is 0 Å². The largest absolute Gasteiger partial charge is 0.493 e. The van der Waals surface area contributed by atoms with Crippen molar-refractivity contribution in [2.75, 3.05) is 19.1 Å². The number of rotatable bonds is 12. The van der Waals surface area contributed by atoms with E-state index < -0.39 is 12.1 Å². The van der Waals surface area contributed by atoms with E-state index in [1.807, 2.05) is 53.5 Å². The molecule has 0 amide bonds. The lowest BCUT2D eigenvalue weighted by molar-refractivity contribution is -0.146. The Morgan fingerprint density at radius 1 is 1.06 bits per heavy atom. The van der Waals surface area contributed by atoms with Gasteiger partial charge in [0.05, 0.1) is 28.9 Å². The summed E-state index contributed by atoms with van der Waals surface area (Å²) in [4.78, 5) is 15.3. The number of ether oxygens (including phenoxy) is 3. The van der Waals surface area contributed by atoms with E-state index in [4.69, 9.17) is 49.0 Å². The van der Waals surface area contributed by atoms with Gasteiger partial charge in [0.2, 0.25) is 0 Å². The smallest absolute Gasteiger partial charge is 0.303 e. The second-order valence-corrected chi connectivity index (χ2v) is 10.4. The van der Waals surface area contributed by atoms with Crippen LogP contribution in [0.3, 0.4) is 0 Å². The molecule has 3 rings (SSSR count). The molecule has 194 valence electrons. The van der Waals surface area contributed by atoms with Crippen molar-refractivity contribution in [3.05, 3.63) is 76.3 Å². The average Bonchev–Trinajstić information content (AvgIpc) is 3.34. The molecule has 0 aliphatic rings. The Morgan fingerprint density at radius 2 is 1.72 bits per heavy atom. The summed E-state index contributed by atoms with van der Waals surface area (Å²) in [5, 5.41) is 0.738. The summed E-state index contributed by atoms with van der Waals surface area (Å²) in [6.07, 6.45) is 4.94. The highest BCUT2D eigenvalue weighted by Crippen LogP contribution is 2.40. The lowest BCUT2D eigenvalue weighted by Crippen LogP contribution is -2.26. The Kier molecular flexibility index (Phi) is 9.94. The second-order valence-electron chi connectivity index (χ2n) is 9.29. The van der Waals surface area contributed by atoms with Gasteiger partial charge in [-0.25, -0.2) is 4.98 Å². The normalized spacial score (nSPS) is 13.2. The number of halogens is 3. The van der Waals surface area contributed by atoms with Crippen LogP contribution in [-0.4, -0.2) is 40.7 Å². The number of imidazole rings is 1. The minimum atomic E-state index is -0.595. The number of benzene rings is 2. The topological polar surface area (TPSA) is 62.6 Å². The first-order valence-electron chi connectivity index (χ1n) is 11.6. The first-order chi connectivity index (χ1) is 17.1. The third-order valence-electron chi connectivity index (χ3n) is 5.83. The van der Waals surface area contributed by atoms with E-state index in [0.717, 1.165) is 23.4 Å². The first kappa shape index (κ1) is 28.2. The molecule has 1 aromatic heterocycles. The fraction of sp³-hybridized carbons (Fsp3) is 0.407. The molecule has 0 saturated carbocycles. The third kappa shape index (κ3) is 7.55. The fourth-order valence-corrected chi connectivity index (χ4v) is 4.51. The standard InChI is InChI=1S/C27H31Cl3N2O4/c1-18(14-32-10-9-31-17-32)15-34-22-7-5-20(6-8-22)27(3,4)21-11-24(29)26(25(30)12-21)35-16-23(13-28)36-19(2)33/h5-12,17-18,23H,13-16H2,1-4H3/t18-,23+/m0/s1. The number of carbonyl (C=O) groups excluding carboxylic acids is 1. The van der Waals surface area contributed by atoms with Crippen molar-refractivity contribution in [2.24, 2.45) is 5.92 Å². The summed E-state index contributed by atoms with van der Waals surface area (Å²) < 4.78 is 18.9. The molecule has 0 saturated heterocycles. The molecule has 1 heterocycles. The van der Waals surface area contributed by atoms with Gasteiger partial charge >= 0.3 is 5.97 Å². The lowest BCUT2D eigenvalue weighted by Gasteiger charge is -2.27. The first-order valence-corrected chi connectivity index (χ1v) is 12.9. The summed E-state index contributed by atoms with van der Waals surface area (Å²) in [6, 6.07) is 11.7. The van der Waals surface area contributed by atoms with Crippen molar-refractivity contribution in [2.45, 2.75) is 45.8 Å². The number of aromatic nitrogens is 2. The number of esters is 1. The average molecular weight is 554 g/mol. The van der Waals surface area contributed by atoms with Gasteiger partial charge in [0, 0.05) is 37.2 Å². The molecule has 0 spiro atoms. The maximum Gasteiger partial charge on any atom is 0.303 e. The van der Waals surface area contributed by atoms with Crippen LogP contribution in [0.1, 0.15) is 38.8 Å². The van der Waals surface area contributed by atoms with E-state index in [-0.39, 0.29) is 17.9 Å². The Labute approximate surface area is 227 Å². The number of hydrogen-bond acceptors (Lipinski definition) is 5. The van der Waals surface area contributed by atoms with Gasteiger partial charge in [-0.05, 0) is 35.4 Å². The highest BCUT2D eigenvalue weighted by atomic mass is 35.5. The van der Waals surface area contributed by atoms with E-state index in [2.05, 4.69) is 25.8 Å². The highest BCUT2D eigenvalue weighted by molar-refractivity contribution is 6.37. The molecule has 9 heteroatoms. The maximum absolute atomic E-state index is 11.2. The predicted octanol–water partition coefficient (Wildman–Crippen LogP) is 6.78. The highest BCUT2D eigenvalue weighted by Gasteiger charge is 2.26. The van der Waals surface area contributed by atoms with Crippen LogP contribution in [0, 0.1) is 5.92 Å². The summed E-state index contributed by atoms with van der Waals surface area (Å²) >= 11 is 18.9. The third-order valence-corrected chi connectivity index (χ3v) is 6.74. The summed E-state index contributed by atoms with van der Waals surface area (Å²) in [5.41, 5.74) is 1.63. The van der Waals surface area contributed by atoms with Gasteiger partial charge in [-0.15, -0.1) is 11.6 Å². The van der Waals surface area contributed by atoms with Crippen molar-refractivity contribution in [1.82, 2.24) is 9.55 Å². The molecule has 0 aliphatic heterocycles. The van der Waals surface area contributed by atoms with Crippen molar-refractivity contribution < 1.29 is 19.0 Å². The van der Waals surface area contributed by atoms with Crippen molar-refractivity contribution >= 4 is 40.8 Å². The van der Waals surface area contributed by atoms with Gasteiger partial charge in [0.15, 0.2) is 5.75 Å². The van der Waals surface area contributed by atoms with Crippen LogP contribution in [0.15, 0.2) is 55.1 Å². The SMILES string of the molecule is CC(=O)O[C@H](CCl)COc1c(Cl)cc(C(C)(C)c2ccc(OC[C@@H](C)Cn3ccnc3)cc2)cc1Cl. The van der Waals surface area contributed by atoms with E-state index in [9.17, 15) is 4.79 Å². The van der Waals surface area contributed by atoms with Crippen LogP contribution in [0.5, 0.6) is 11.5 Å². The zero-order chi connectivity index (χ0) is 26.3. The van der Waals surface area contributed by atoms with Gasteiger partial charge in [-0.2, -0.15) is 0 Å². The van der Waals surface area contributed by atoms with Crippen LogP contribution >= 0.6 is 34.8 Å². The van der Waals surface area contributed by atoms with Gasteiger partial charge in [0.25, 0.3) is 0 Å². The Balaban J connectivity index is 1.66. The monoisotopic (exact) mass is 552 g/mol. The molecule has 0 fully saturated rings. The molecular formula is C27H31Cl3N2O4. The quantitative estimate of drug-likeness (QED) is 0.183. The van der Waals surface area contributed by atoms with Gasteiger partial charge < -0.3 is 18.8 Å². The number of alkyl halides is 1. The Hall–Kier alpha value is -2.41. The van der Waals surface area contributed by atoms with E-state index in [1.165, 1.54) is 6.92 Å². The zero-order valence-corrected chi connectivity index (χ0v) is 23.1. The zero-order valence-electron chi connectivity index (χ0n) is 20.8. The van der Waals surface area contributed by atoms with Crippen LogP contribution in [-0.2, 0) is 21.5 Å². The maximum atomic E-state index is 11.2. The van der Waals surface area contributed by atoms with Crippen LogP contribution < -0.4 is 9.47 Å². The van der Waals surface area contributed by atoms with Gasteiger partial charge in [-0.1, -0.05) is 56.1 Å². The fourth-order valence-electron chi connectivity index (χ4n) is 3.76. The summed E-state index contributed by atoms with van der Waals surface area (Å²) in [7, 11) is 0. The molecule has 0 bridgehead atoms. The minimum Gasteiger partial charge on any atom is -0.493 e. The Bertz CT molecular complexity index is 1110. The summed E-state index contributed by atoms with van der Waals surface area (Å²) in [5.74, 6) is 1.15. The van der Waals surface area contributed by atoms with Crippen LogP contribution in [0.2, 0.25) is 10.0 Å². The minimum absolute atomic E-state index is 0.0493. The molecule has 6 nitrogen and oxygen atoms in total. The molecule has 0 radical (unpaired) electrons. The number of hydrogen-bond donors (Lipinski definition) is 0. The molecule has 3 aromatic rings. The van der Waals surface area contributed by atoms with Crippen LogP contribution in [0.25, 0.3) is 0 Å². The van der Waals surface area contributed by atoms with Gasteiger partial charge in [0.1, 0.15) is 18.5 Å². The molecule has 2 aromatic carbocycles. The van der Waals surface area contributed by atoms with Crippen molar-refractivity contribution in [1.29, 1.82) is 0 Å². The summed E-state index contributed by atoms with van der Waals surface area (Å²) in [6.45, 7) is 9.17. The van der Waals surface area contributed by atoms with E-state index in [0.29, 0.717) is 28.3 Å². The molecule has 36 heavy (non-hydrogen) atoms. The molecule has 0 unspecified atom stereocenters. The predicted molar refractivity (Wildman–Crippen MR) is 144 cm³/mol.